The molecule has 3 rings (SSSR count). The lowest BCUT2D eigenvalue weighted by atomic mass is 10.2. The van der Waals surface area contributed by atoms with Crippen LogP contribution in [0.2, 0.25) is 0 Å². The largest absolute Gasteiger partial charge is 0.328 e. The average Bonchev–Trinajstić information content (AvgIpc) is 3.09. The van der Waals surface area contributed by atoms with Gasteiger partial charge in [-0.1, -0.05) is 6.07 Å². The Hall–Kier alpha value is -2.54. The van der Waals surface area contributed by atoms with Crippen LogP contribution in [0.15, 0.2) is 42.6 Å². The Balaban J connectivity index is 1.78. The monoisotopic (exact) mass is 313 g/mol. The van der Waals surface area contributed by atoms with Gasteiger partial charge in [0.25, 0.3) is 5.91 Å². The van der Waals surface area contributed by atoms with Crippen molar-refractivity contribution in [3.05, 3.63) is 53.7 Å². The predicted molar refractivity (Wildman–Crippen MR) is 86.4 cm³/mol. The van der Waals surface area contributed by atoms with Crippen LogP contribution in [0.3, 0.4) is 0 Å². The Kier molecular flexibility index (Phi) is 3.97. The van der Waals surface area contributed by atoms with Gasteiger partial charge in [-0.3, -0.25) is 19.4 Å². The van der Waals surface area contributed by atoms with Gasteiger partial charge in [0.15, 0.2) is 5.11 Å². The molecule has 1 saturated heterocycles. The van der Waals surface area contributed by atoms with Crippen molar-refractivity contribution in [2.24, 2.45) is 0 Å². The molecule has 1 aliphatic heterocycles. The summed E-state index contributed by atoms with van der Waals surface area (Å²) < 4.78 is 1.82. The molecule has 0 bridgehead atoms. The molecule has 0 spiro atoms. The maximum Gasteiger partial charge on any atom is 0.276 e. The van der Waals surface area contributed by atoms with E-state index in [1.807, 2.05) is 29.9 Å². The zero-order valence-corrected chi connectivity index (χ0v) is 12.9. The zero-order valence-electron chi connectivity index (χ0n) is 12.1. The molecule has 1 N–H and O–H groups in total. The van der Waals surface area contributed by atoms with E-state index in [2.05, 4.69) is 15.4 Å². The maximum atomic E-state index is 12.5. The first-order chi connectivity index (χ1) is 10.7. The lowest BCUT2D eigenvalue weighted by Crippen LogP contribution is -2.29. The van der Waals surface area contributed by atoms with Crippen LogP contribution in [-0.2, 0) is 17.9 Å². The molecule has 1 amide bonds. The van der Waals surface area contributed by atoms with Crippen molar-refractivity contribution in [2.75, 3.05) is 0 Å². The first-order valence-corrected chi connectivity index (χ1v) is 7.34. The second kappa shape index (κ2) is 6.07. The minimum atomic E-state index is -0.141. The summed E-state index contributed by atoms with van der Waals surface area (Å²) in [5, 5.41) is 7.57. The Morgan fingerprint density at radius 1 is 1.41 bits per heavy atom. The van der Waals surface area contributed by atoms with Gasteiger partial charge in [-0.05, 0) is 36.8 Å². The fourth-order valence-electron chi connectivity index (χ4n) is 2.19. The molecule has 1 aliphatic rings. The van der Waals surface area contributed by atoms with Crippen molar-refractivity contribution in [1.82, 2.24) is 25.0 Å². The lowest BCUT2D eigenvalue weighted by molar-refractivity contribution is -0.122. The van der Waals surface area contributed by atoms with E-state index in [1.165, 1.54) is 4.90 Å². The van der Waals surface area contributed by atoms with Gasteiger partial charge in [-0.25, -0.2) is 0 Å². The number of carbonyl (C=O) groups excluding carboxylic acids is 1. The molecular formula is C15H15N5OS. The van der Waals surface area contributed by atoms with Gasteiger partial charge in [-0.15, -0.1) is 0 Å². The van der Waals surface area contributed by atoms with Crippen LogP contribution in [0, 0.1) is 0 Å². The molecule has 0 radical (unpaired) electrons. The lowest BCUT2D eigenvalue weighted by Gasteiger charge is -2.12. The van der Waals surface area contributed by atoms with Crippen LogP contribution in [0.1, 0.15) is 18.1 Å². The number of hydrogen-bond donors (Lipinski definition) is 1. The number of rotatable bonds is 4. The molecule has 0 unspecified atom stereocenters. The van der Waals surface area contributed by atoms with E-state index in [9.17, 15) is 4.79 Å². The van der Waals surface area contributed by atoms with Crippen LogP contribution >= 0.6 is 12.2 Å². The minimum Gasteiger partial charge on any atom is -0.328 e. The van der Waals surface area contributed by atoms with Crippen LogP contribution in [0.25, 0.3) is 6.08 Å². The molecule has 0 aliphatic carbocycles. The summed E-state index contributed by atoms with van der Waals surface area (Å²) in [5.41, 5.74) is 2.25. The summed E-state index contributed by atoms with van der Waals surface area (Å²) in [6.07, 6.45) is 8.80. The molecule has 0 atom stereocenters. The third-order valence-electron chi connectivity index (χ3n) is 3.31. The molecule has 1 fully saturated rings. The van der Waals surface area contributed by atoms with Gasteiger partial charge in [-0.2, -0.15) is 5.10 Å². The van der Waals surface area contributed by atoms with Crippen molar-refractivity contribution in [3.63, 3.8) is 0 Å². The highest BCUT2D eigenvalue weighted by Crippen LogP contribution is 2.16. The molecule has 112 valence electrons. The first-order valence-electron chi connectivity index (χ1n) is 6.93. The Morgan fingerprint density at radius 3 is 2.95 bits per heavy atom. The number of aromatic nitrogens is 3. The number of hydrogen-bond acceptors (Lipinski definition) is 4. The van der Waals surface area contributed by atoms with E-state index in [1.54, 1.807) is 24.7 Å². The third-order valence-corrected chi connectivity index (χ3v) is 3.63. The first kappa shape index (κ1) is 14.4. The fourth-order valence-corrected chi connectivity index (χ4v) is 2.44. The van der Waals surface area contributed by atoms with Gasteiger partial charge >= 0.3 is 0 Å². The number of pyridine rings is 1. The number of nitrogens with one attached hydrogen (secondary N) is 1. The topological polar surface area (TPSA) is 63.1 Å². The molecule has 0 saturated carbocycles. The van der Waals surface area contributed by atoms with Crippen LogP contribution < -0.4 is 5.32 Å². The van der Waals surface area contributed by atoms with Crippen LogP contribution in [0.4, 0.5) is 0 Å². The smallest absolute Gasteiger partial charge is 0.276 e. The summed E-state index contributed by atoms with van der Waals surface area (Å²) in [7, 11) is 0. The van der Waals surface area contributed by atoms with Gasteiger partial charge in [0.2, 0.25) is 0 Å². The second-order valence-corrected chi connectivity index (χ2v) is 5.26. The number of amides is 1. The maximum absolute atomic E-state index is 12.5. The van der Waals surface area contributed by atoms with E-state index >= 15 is 0 Å². The molecule has 6 nitrogen and oxygen atoms in total. The van der Waals surface area contributed by atoms with Crippen LogP contribution in [0.5, 0.6) is 0 Å². The van der Waals surface area contributed by atoms with Gasteiger partial charge in [0, 0.05) is 30.7 Å². The third kappa shape index (κ3) is 2.89. The Morgan fingerprint density at radius 2 is 2.27 bits per heavy atom. The summed E-state index contributed by atoms with van der Waals surface area (Å²) >= 11 is 5.26. The Labute approximate surface area is 133 Å². The quantitative estimate of drug-likeness (QED) is 0.685. The summed E-state index contributed by atoms with van der Waals surface area (Å²) in [4.78, 5) is 18.0. The van der Waals surface area contributed by atoms with Gasteiger partial charge in [0.1, 0.15) is 5.70 Å². The molecule has 2 aromatic rings. The van der Waals surface area contributed by atoms with Gasteiger partial charge in [0.05, 0.1) is 12.7 Å². The van der Waals surface area contributed by atoms with Crippen molar-refractivity contribution in [3.8, 4) is 0 Å². The van der Waals surface area contributed by atoms with Gasteiger partial charge < -0.3 is 5.32 Å². The number of carbonyl (C=O) groups is 1. The van der Waals surface area contributed by atoms with Crippen molar-refractivity contribution in [2.45, 2.75) is 20.0 Å². The minimum absolute atomic E-state index is 0.141. The fraction of sp³-hybridized carbons (Fsp3) is 0.200. The standard InChI is InChI=1S/C15H15N5OS/c1-2-19-9-12(8-17-19)10-20-14(21)13(18-15(20)22)6-11-4-3-5-16-7-11/h3-9H,2,10H2,1H3,(H,18,22)/b13-6+. The molecule has 7 heteroatoms. The van der Waals surface area contributed by atoms with E-state index in [0.29, 0.717) is 17.4 Å². The molecule has 2 aromatic heterocycles. The second-order valence-electron chi connectivity index (χ2n) is 4.87. The average molecular weight is 313 g/mol. The summed E-state index contributed by atoms with van der Waals surface area (Å²) in [5.74, 6) is -0.141. The number of nitrogens with zero attached hydrogens (tertiary/aromatic N) is 4. The van der Waals surface area contributed by atoms with Crippen molar-refractivity contribution < 1.29 is 4.79 Å². The van der Waals surface area contributed by atoms with E-state index in [-0.39, 0.29) is 5.91 Å². The number of thiocarbonyl (C=S) groups is 1. The van der Waals surface area contributed by atoms with Crippen molar-refractivity contribution in [1.29, 1.82) is 0 Å². The van der Waals surface area contributed by atoms with E-state index in [0.717, 1.165) is 17.7 Å². The zero-order chi connectivity index (χ0) is 15.5. The van der Waals surface area contributed by atoms with Crippen molar-refractivity contribution >= 4 is 29.3 Å². The highest BCUT2D eigenvalue weighted by atomic mass is 32.1. The molecule has 22 heavy (non-hydrogen) atoms. The molecule has 3 heterocycles. The Bertz CT molecular complexity index is 737. The predicted octanol–water partition coefficient (Wildman–Crippen LogP) is 1.56. The molecule has 0 aromatic carbocycles. The summed E-state index contributed by atoms with van der Waals surface area (Å²) in [6.45, 7) is 3.22. The van der Waals surface area contributed by atoms with Crippen LogP contribution in [-0.4, -0.2) is 30.7 Å². The number of aryl methyl sites for hydroxylation is 1. The summed E-state index contributed by atoms with van der Waals surface area (Å²) in [6, 6.07) is 3.70. The highest BCUT2D eigenvalue weighted by Gasteiger charge is 2.30. The molecular weight excluding hydrogens is 298 g/mol. The highest BCUT2D eigenvalue weighted by molar-refractivity contribution is 7.80. The SMILES string of the molecule is CCn1cc(CN2C(=O)/C(=C\c3cccnc3)NC2=S)cn1. The normalized spacial score (nSPS) is 16.4. The van der Waals surface area contributed by atoms with E-state index in [4.69, 9.17) is 12.2 Å². The van der Waals surface area contributed by atoms with E-state index < -0.39 is 0 Å².